The molecule has 0 heterocycles. The summed E-state index contributed by atoms with van der Waals surface area (Å²) in [5, 5.41) is 0. The zero-order chi connectivity index (χ0) is 9.26. The van der Waals surface area contributed by atoms with Gasteiger partial charge in [0, 0.05) is 5.69 Å². The fourth-order valence-corrected chi connectivity index (χ4v) is 1.51. The highest BCUT2D eigenvalue weighted by molar-refractivity contribution is 9.10. The lowest BCUT2D eigenvalue weighted by Crippen LogP contribution is -2.00. The van der Waals surface area contributed by atoms with E-state index >= 15 is 0 Å². The van der Waals surface area contributed by atoms with E-state index in [2.05, 4.69) is 15.9 Å². The minimum atomic E-state index is 0.730. The first-order chi connectivity index (χ1) is 6.27. The van der Waals surface area contributed by atoms with Crippen molar-refractivity contribution in [3.05, 3.63) is 22.7 Å². The van der Waals surface area contributed by atoms with Gasteiger partial charge in [-0.05, 0) is 46.8 Å². The molecule has 2 N–H and O–H groups in total. The first-order valence-electron chi connectivity index (χ1n) is 4.44. The normalized spacial score (nSPS) is 15.8. The number of hydrogen-bond acceptors (Lipinski definition) is 2. The first kappa shape index (κ1) is 8.88. The van der Waals surface area contributed by atoms with Crippen LogP contribution >= 0.6 is 15.9 Å². The van der Waals surface area contributed by atoms with E-state index in [0.717, 1.165) is 28.4 Å². The molecule has 1 aliphatic rings. The molecule has 0 atom stereocenters. The molecule has 0 saturated heterocycles. The second-order valence-electron chi connectivity index (χ2n) is 3.41. The van der Waals surface area contributed by atoms with Crippen LogP contribution in [-0.4, -0.2) is 6.61 Å². The number of benzene rings is 1. The van der Waals surface area contributed by atoms with Crippen LogP contribution < -0.4 is 10.5 Å². The Morgan fingerprint density at radius 1 is 1.46 bits per heavy atom. The summed E-state index contributed by atoms with van der Waals surface area (Å²) in [6.45, 7) is 0.821. The number of nitrogens with two attached hydrogens (primary N) is 1. The number of anilines is 1. The highest BCUT2D eigenvalue weighted by Crippen LogP contribution is 2.33. The first-order valence-corrected chi connectivity index (χ1v) is 5.23. The lowest BCUT2D eigenvalue weighted by Gasteiger charge is -2.08. The van der Waals surface area contributed by atoms with Gasteiger partial charge in [0.1, 0.15) is 5.75 Å². The summed E-state index contributed by atoms with van der Waals surface area (Å²) in [5.41, 5.74) is 6.45. The minimum absolute atomic E-state index is 0.730. The predicted octanol–water partition coefficient (Wildman–Crippen LogP) is 2.82. The van der Waals surface area contributed by atoms with E-state index in [4.69, 9.17) is 10.5 Å². The third-order valence-corrected chi connectivity index (χ3v) is 3.01. The molecule has 70 valence electrons. The van der Waals surface area contributed by atoms with Gasteiger partial charge in [0.2, 0.25) is 0 Å². The topological polar surface area (TPSA) is 35.2 Å². The highest BCUT2D eigenvalue weighted by atomic mass is 79.9. The van der Waals surface area contributed by atoms with Crippen molar-refractivity contribution in [3.63, 3.8) is 0 Å². The molecule has 13 heavy (non-hydrogen) atoms. The number of ether oxygens (including phenoxy) is 1. The maximum atomic E-state index is 5.72. The van der Waals surface area contributed by atoms with Crippen LogP contribution in [0.25, 0.3) is 0 Å². The van der Waals surface area contributed by atoms with Crippen molar-refractivity contribution >= 4 is 21.6 Å². The molecule has 0 bridgehead atoms. The van der Waals surface area contributed by atoms with Gasteiger partial charge >= 0.3 is 0 Å². The molecule has 3 heteroatoms. The van der Waals surface area contributed by atoms with Gasteiger partial charge in [0.15, 0.2) is 0 Å². The average Bonchev–Trinajstić information content (AvgIpc) is 2.91. The number of hydrogen-bond donors (Lipinski definition) is 1. The molecule has 1 fully saturated rings. The Morgan fingerprint density at radius 3 is 2.92 bits per heavy atom. The van der Waals surface area contributed by atoms with E-state index in [-0.39, 0.29) is 0 Å². The summed E-state index contributed by atoms with van der Waals surface area (Å²) in [5.74, 6) is 1.63. The van der Waals surface area contributed by atoms with E-state index in [9.17, 15) is 0 Å². The van der Waals surface area contributed by atoms with E-state index in [0.29, 0.717) is 0 Å². The summed E-state index contributed by atoms with van der Waals surface area (Å²) in [7, 11) is 0. The van der Waals surface area contributed by atoms with E-state index in [1.54, 1.807) is 0 Å². The Kier molecular flexibility index (Phi) is 2.44. The van der Waals surface area contributed by atoms with Gasteiger partial charge in [-0.25, -0.2) is 0 Å². The average molecular weight is 242 g/mol. The van der Waals surface area contributed by atoms with Gasteiger partial charge in [-0.2, -0.15) is 0 Å². The second-order valence-corrected chi connectivity index (χ2v) is 4.21. The lowest BCUT2D eigenvalue weighted by molar-refractivity contribution is 0.298. The number of halogens is 1. The zero-order valence-electron chi connectivity index (χ0n) is 7.29. The molecule has 0 spiro atoms. The molecular weight excluding hydrogens is 230 g/mol. The SMILES string of the molecule is Nc1cccc(OCC2CC2)c1Br. The van der Waals surface area contributed by atoms with Crippen molar-refractivity contribution in [2.45, 2.75) is 12.8 Å². The fraction of sp³-hybridized carbons (Fsp3) is 0.400. The molecular formula is C10H12BrNO. The minimum Gasteiger partial charge on any atom is -0.492 e. The Morgan fingerprint density at radius 2 is 2.23 bits per heavy atom. The molecule has 1 aromatic carbocycles. The summed E-state index contributed by atoms with van der Waals surface area (Å²) in [6.07, 6.45) is 2.61. The Bertz CT molecular complexity index is 310. The Labute approximate surface area is 86.2 Å². The Hall–Kier alpha value is -0.700. The molecule has 1 aromatic rings. The predicted molar refractivity (Wildman–Crippen MR) is 56.8 cm³/mol. The van der Waals surface area contributed by atoms with Crippen molar-refractivity contribution < 1.29 is 4.74 Å². The van der Waals surface area contributed by atoms with Crippen molar-refractivity contribution in [3.8, 4) is 5.75 Å². The van der Waals surface area contributed by atoms with Crippen LogP contribution in [0.1, 0.15) is 12.8 Å². The van der Waals surface area contributed by atoms with Crippen LogP contribution in [0.4, 0.5) is 5.69 Å². The molecule has 1 saturated carbocycles. The maximum absolute atomic E-state index is 5.72. The van der Waals surface area contributed by atoms with Gasteiger partial charge in [0.25, 0.3) is 0 Å². The van der Waals surface area contributed by atoms with Gasteiger partial charge in [-0.15, -0.1) is 0 Å². The van der Waals surface area contributed by atoms with Gasteiger partial charge < -0.3 is 10.5 Å². The molecule has 0 aromatic heterocycles. The van der Waals surface area contributed by atoms with E-state index in [1.807, 2.05) is 18.2 Å². The second kappa shape index (κ2) is 3.58. The van der Waals surface area contributed by atoms with Crippen LogP contribution in [-0.2, 0) is 0 Å². The number of nitrogen functional groups attached to an aromatic ring is 1. The third-order valence-electron chi connectivity index (χ3n) is 2.16. The van der Waals surface area contributed by atoms with Crippen molar-refractivity contribution in [2.75, 3.05) is 12.3 Å². The zero-order valence-corrected chi connectivity index (χ0v) is 8.88. The third kappa shape index (κ3) is 2.15. The summed E-state index contributed by atoms with van der Waals surface area (Å²) in [6, 6.07) is 5.69. The van der Waals surface area contributed by atoms with Gasteiger partial charge in [0.05, 0.1) is 11.1 Å². The molecule has 0 amide bonds. The van der Waals surface area contributed by atoms with E-state index in [1.165, 1.54) is 12.8 Å². The molecule has 0 radical (unpaired) electrons. The van der Waals surface area contributed by atoms with E-state index < -0.39 is 0 Å². The summed E-state index contributed by atoms with van der Waals surface area (Å²) < 4.78 is 6.49. The molecule has 0 aliphatic heterocycles. The summed E-state index contributed by atoms with van der Waals surface area (Å²) in [4.78, 5) is 0. The van der Waals surface area contributed by atoms with Crippen LogP contribution in [0.3, 0.4) is 0 Å². The lowest BCUT2D eigenvalue weighted by atomic mass is 10.3. The Balaban J connectivity index is 2.05. The highest BCUT2D eigenvalue weighted by Gasteiger charge is 2.22. The van der Waals surface area contributed by atoms with Crippen molar-refractivity contribution in [2.24, 2.45) is 5.92 Å². The molecule has 0 unspecified atom stereocenters. The molecule has 1 aliphatic carbocycles. The largest absolute Gasteiger partial charge is 0.492 e. The smallest absolute Gasteiger partial charge is 0.135 e. The number of rotatable bonds is 3. The maximum Gasteiger partial charge on any atom is 0.135 e. The van der Waals surface area contributed by atoms with Crippen molar-refractivity contribution in [1.82, 2.24) is 0 Å². The van der Waals surface area contributed by atoms with Crippen LogP contribution in [0.5, 0.6) is 5.75 Å². The standard InChI is InChI=1S/C10H12BrNO/c11-10-8(12)2-1-3-9(10)13-6-7-4-5-7/h1-3,7H,4-6,12H2. The van der Waals surface area contributed by atoms with Crippen LogP contribution in [0.15, 0.2) is 22.7 Å². The van der Waals surface area contributed by atoms with Gasteiger partial charge in [-0.3, -0.25) is 0 Å². The molecule has 2 nitrogen and oxygen atoms in total. The van der Waals surface area contributed by atoms with Crippen molar-refractivity contribution in [1.29, 1.82) is 0 Å². The van der Waals surface area contributed by atoms with Crippen LogP contribution in [0, 0.1) is 5.92 Å². The fourth-order valence-electron chi connectivity index (χ4n) is 1.13. The van der Waals surface area contributed by atoms with Crippen LogP contribution in [0.2, 0.25) is 0 Å². The quantitative estimate of drug-likeness (QED) is 0.827. The molecule has 2 rings (SSSR count). The summed E-state index contributed by atoms with van der Waals surface area (Å²) >= 11 is 3.40. The monoisotopic (exact) mass is 241 g/mol. The van der Waals surface area contributed by atoms with Gasteiger partial charge in [-0.1, -0.05) is 6.07 Å².